The zero-order valence-electron chi connectivity index (χ0n) is 10.3. The predicted molar refractivity (Wildman–Crippen MR) is 66.7 cm³/mol. The van der Waals surface area contributed by atoms with Crippen molar-refractivity contribution in [3.05, 3.63) is 23.9 Å². The second-order valence-electron chi connectivity index (χ2n) is 3.61. The minimum absolute atomic E-state index is 0.0381. The first-order chi connectivity index (χ1) is 8.22. The van der Waals surface area contributed by atoms with Gasteiger partial charge in [-0.25, -0.2) is 4.98 Å². The summed E-state index contributed by atoms with van der Waals surface area (Å²) >= 11 is 0. The van der Waals surface area contributed by atoms with Crippen molar-refractivity contribution in [1.82, 2.24) is 10.3 Å². The summed E-state index contributed by atoms with van der Waals surface area (Å²) in [5.74, 6) is 0.632. The topological polar surface area (TPSA) is 65.5 Å². The Morgan fingerprint density at radius 1 is 1.53 bits per heavy atom. The summed E-state index contributed by atoms with van der Waals surface area (Å²) in [4.78, 5) is 17.6. The minimum Gasteiger partial charge on any atom is -0.392 e. The summed E-state index contributed by atoms with van der Waals surface area (Å²) in [6.07, 6.45) is 1.66. The van der Waals surface area contributed by atoms with Crippen molar-refractivity contribution in [3.63, 3.8) is 0 Å². The number of amides is 1. The molecule has 0 bridgehead atoms. The second kappa shape index (κ2) is 6.85. The third-order valence-corrected chi connectivity index (χ3v) is 2.43. The maximum Gasteiger partial charge on any atom is 0.239 e. The molecule has 1 aromatic rings. The molecule has 17 heavy (non-hydrogen) atoms. The third-order valence-electron chi connectivity index (χ3n) is 2.43. The Morgan fingerprint density at radius 3 is 2.88 bits per heavy atom. The summed E-state index contributed by atoms with van der Waals surface area (Å²) in [7, 11) is 0. The Kier molecular flexibility index (Phi) is 5.42. The van der Waals surface area contributed by atoms with Gasteiger partial charge >= 0.3 is 0 Å². The van der Waals surface area contributed by atoms with Crippen LogP contribution in [0.15, 0.2) is 18.3 Å². The van der Waals surface area contributed by atoms with Crippen LogP contribution in [-0.4, -0.2) is 35.6 Å². The van der Waals surface area contributed by atoms with Crippen LogP contribution in [0.4, 0.5) is 5.82 Å². The van der Waals surface area contributed by atoms with Crippen molar-refractivity contribution in [3.8, 4) is 0 Å². The highest BCUT2D eigenvalue weighted by Crippen LogP contribution is 2.16. The highest BCUT2D eigenvalue weighted by Gasteiger charge is 2.13. The maximum atomic E-state index is 11.5. The van der Waals surface area contributed by atoms with Crippen LogP contribution in [0.25, 0.3) is 0 Å². The van der Waals surface area contributed by atoms with Crippen molar-refractivity contribution in [1.29, 1.82) is 0 Å². The number of hydrogen-bond acceptors (Lipinski definition) is 4. The van der Waals surface area contributed by atoms with Gasteiger partial charge in [-0.3, -0.25) is 4.79 Å². The number of rotatable bonds is 6. The van der Waals surface area contributed by atoms with E-state index in [9.17, 15) is 9.90 Å². The van der Waals surface area contributed by atoms with Gasteiger partial charge in [0, 0.05) is 24.8 Å². The maximum absolute atomic E-state index is 11.5. The van der Waals surface area contributed by atoms with Gasteiger partial charge in [-0.1, -0.05) is 6.07 Å². The molecule has 2 N–H and O–H groups in total. The van der Waals surface area contributed by atoms with Gasteiger partial charge in [0.05, 0.1) is 13.2 Å². The van der Waals surface area contributed by atoms with E-state index >= 15 is 0 Å². The van der Waals surface area contributed by atoms with Crippen LogP contribution in [0.2, 0.25) is 0 Å². The fourth-order valence-electron chi connectivity index (χ4n) is 1.60. The van der Waals surface area contributed by atoms with Gasteiger partial charge in [-0.2, -0.15) is 0 Å². The molecule has 0 aliphatic carbocycles. The number of aliphatic hydroxyl groups excluding tert-OH is 1. The third kappa shape index (κ3) is 3.71. The van der Waals surface area contributed by atoms with Gasteiger partial charge in [-0.15, -0.1) is 0 Å². The quantitative estimate of drug-likeness (QED) is 0.757. The Labute approximate surface area is 101 Å². The number of anilines is 1. The Bertz CT molecular complexity index is 369. The molecule has 0 saturated carbocycles. The van der Waals surface area contributed by atoms with E-state index in [1.807, 2.05) is 24.8 Å². The van der Waals surface area contributed by atoms with E-state index in [2.05, 4.69) is 10.3 Å². The number of pyridine rings is 1. The van der Waals surface area contributed by atoms with Crippen molar-refractivity contribution in [2.45, 2.75) is 20.5 Å². The fraction of sp³-hybridized carbons (Fsp3) is 0.500. The Morgan fingerprint density at radius 2 is 2.29 bits per heavy atom. The van der Waals surface area contributed by atoms with Crippen LogP contribution in [0.3, 0.4) is 0 Å². The van der Waals surface area contributed by atoms with Crippen LogP contribution in [-0.2, 0) is 11.4 Å². The number of nitrogens with zero attached hydrogens (tertiary/aromatic N) is 2. The van der Waals surface area contributed by atoms with Crippen LogP contribution in [0, 0.1) is 0 Å². The second-order valence-corrected chi connectivity index (χ2v) is 3.61. The van der Waals surface area contributed by atoms with Crippen LogP contribution in [0.1, 0.15) is 19.4 Å². The molecule has 0 unspecified atom stereocenters. The fourth-order valence-corrected chi connectivity index (χ4v) is 1.60. The molecule has 0 radical (unpaired) electrons. The predicted octanol–water partition coefficient (Wildman–Crippen LogP) is 0.536. The lowest BCUT2D eigenvalue weighted by Crippen LogP contribution is -2.38. The molecule has 5 heteroatoms. The van der Waals surface area contributed by atoms with Gasteiger partial charge in [0.2, 0.25) is 5.91 Å². The highest BCUT2D eigenvalue weighted by atomic mass is 16.3. The average Bonchev–Trinajstić information content (AvgIpc) is 2.36. The highest BCUT2D eigenvalue weighted by molar-refractivity contribution is 5.81. The first-order valence-corrected chi connectivity index (χ1v) is 5.79. The van der Waals surface area contributed by atoms with E-state index in [1.165, 1.54) is 0 Å². The van der Waals surface area contributed by atoms with Gasteiger partial charge in [0.15, 0.2) is 0 Å². The summed E-state index contributed by atoms with van der Waals surface area (Å²) in [6.45, 7) is 5.30. The van der Waals surface area contributed by atoms with E-state index in [0.29, 0.717) is 18.9 Å². The molecule has 1 rings (SSSR count). The van der Waals surface area contributed by atoms with E-state index in [4.69, 9.17) is 0 Å². The van der Waals surface area contributed by atoms with Gasteiger partial charge in [0.1, 0.15) is 5.82 Å². The lowest BCUT2D eigenvalue weighted by atomic mass is 10.2. The van der Waals surface area contributed by atoms with Crippen LogP contribution >= 0.6 is 0 Å². The number of aromatic nitrogens is 1. The molecule has 0 aliphatic rings. The molecule has 1 aromatic heterocycles. The molecule has 0 atom stereocenters. The molecule has 1 amide bonds. The molecule has 5 nitrogen and oxygen atoms in total. The van der Waals surface area contributed by atoms with E-state index in [-0.39, 0.29) is 19.1 Å². The van der Waals surface area contributed by atoms with Gasteiger partial charge in [-0.05, 0) is 19.9 Å². The SMILES string of the molecule is CCNC(=O)CN(CC)c1ncccc1CO. The normalized spacial score (nSPS) is 10.1. The number of nitrogens with one attached hydrogen (secondary N) is 1. The number of aliphatic hydroxyl groups is 1. The number of carbonyl (C=O) groups excluding carboxylic acids is 1. The molecular weight excluding hydrogens is 218 g/mol. The minimum atomic E-state index is -0.0743. The summed E-state index contributed by atoms with van der Waals surface area (Å²) in [5.41, 5.74) is 0.735. The lowest BCUT2D eigenvalue weighted by molar-refractivity contribution is -0.119. The Balaban J connectivity index is 2.82. The number of carbonyl (C=O) groups is 1. The lowest BCUT2D eigenvalue weighted by Gasteiger charge is -2.23. The largest absolute Gasteiger partial charge is 0.392 e. The first kappa shape index (κ1) is 13.4. The Hall–Kier alpha value is -1.62. The number of likely N-dealkylation sites (N-methyl/N-ethyl adjacent to an activating group) is 2. The number of hydrogen-bond donors (Lipinski definition) is 2. The molecule has 1 heterocycles. The van der Waals surface area contributed by atoms with Crippen molar-refractivity contribution in [2.75, 3.05) is 24.5 Å². The molecule has 0 saturated heterocycles. The molecule has 94 valence electrons. The molecule has 0 fully saturated rings. The average molecular weight is 237 g/mol. The van der Waals surface area contributed by atoms with Crippen LogP contribution in [0.5, 0.6) is 0 Å². The summed E-state index contributed by atoms with van der Waals surface area (Å²) < 4.78 is 0. The molecule has 0 aromatic carbocycles. The zero-order chi connectivity index (χ0) is 12.7. The van der Waals surface area contributed by atoms with E-state index in [0.717, 1.165) is 5.56 Å². The molecule has 0 spiro atoms. The summed E-state index contributed by atoms with van der Waals surface area (Å²) in [6, 6.07) is 3.58. The van der Waals surface area contributed by atoms with Gasteiger partial charge in [0.25, 0.3) is 0 Å². The molecule has 0 aliphatic heterocycles. The zero-order valence-corrected chi connectivity index (χ0v) is 10.3. The van der Waals surface area contributed by atoms with Crippen molar-refractivity contribution >= 4 is 11.7 Å². The molecular formula is C12H19N3O2. The standard InChI is InChI=1S/C12H19N3O2/c1-3-13-11(17)8-15(4-2)12-10(9-16)6-5-7-14-12/h5-7,16H,3-4,8-9H2,1-2H3,(H,13,17). The van der Waals surface area contributed by atoms with Crippen LogP contribution < -0.4 is 10.2 Å². The first-order valence-electron chi connectivity index (χ1n) is 5.79. The van der Waals surface area contributed by atoms with Crippen molar-refractivity contribution in [2.24, 2.45) is 0 Å². The van der Waals surface area contributed by atoms with E-state index in [1.54, 1.807) is 12.3 Å². The van der Waals surface area contributed by atoms with Gasteiger partial charge < -0.3 is 15.3 Å². The van der Waals surface area contributed by atoms with Crippen molar-refractivity contribution < 1.29 is 9.90 Å². The smallest absolute Gasteiger partial charge is 0.239 e. The monoisotopic (exact) mass is 237 g/mol. The summed E-state index contributed by atoms with van der Waals surface area (Å²) in [5, 5.41) is 12.0. The van der Waals surface area contributed by atoms with E-state index < -0.39 is 0 Å².